The number of hydrogen-bond acceptors (Lipinski definition) is 4. The van der Waals surface area contributed by atoms with Crippen molar-refractivity contribution < 1.29 is 19.4 Å². The van der Waals surface area contributed by atoms with E-state index in [2.05, 4.69) is 4.98 Å². The molecule has 0 unspecified atom stereocenters. The largest absolute Gasteiger partial charge is 0.478 e. The lowest BCUT2D eigenvalue weighted by Crippen LogP contribution is -2.38. The predicted molar refractivity (Wildman–Crippen MR) is 71.7 cm³/mol. The SMILES string of the molecule is CC(=O)N1CCC(COc2cc(C(=O)O)ccn2)CC1. The molecule has 0 spiro atoms. The Balaban J connectivity index is 1.83. The molecule has 1 N–H and O–H groups in total. The van der Waals surface area contributed by atoms with E-state index in [0.717, 1.165) is 25.9 Å². The fourth-order valence-corrected chi connectivity index (χ4v) is 2.24. The van der Waals surface area contributed by atoms with Crippen LogP contribution < -0.4 is 4.74 Å². The van der Waals surface area contributed by atoms with Crippen molar-refractivity contribution in [2.45, 2.75) is 19.8 Å². The van der Waals surface area contributed by atoms with Crippen molar-refractivity contribution in [2.75, 3.05) is 19.7 Å². The second-order valence-corrected chi connectivity index (χ2v) is 4.95. The molecule has 0 radical (unpaired) electrons. The molecule has 20 heavy (non-hydrogen) atoms. The third-order valence-corrected chi connectivity index (χ3v) is 3.51. The summed E-state index contributed by atoms with van der Waals surface area (Å²) in [5.41, 5.74) is 0.168. The van der Waals surface area contributed by atoms with Gasteiger partial charge in [-0.3, -0.25) is 4.79 Å². The Bertz CT molecular complexity index is 496. The first-order chi connectivity index (χ1) is 9.56. The van der Waals surface area contributed by atoms with Gasteiger partial charge in [-0.2, -0.15) is 0 Å². The van der Waals surface area contributed by atoms with E-state index in [1.54, 1.807) is 6.92 Å². The van der Waals surface area contributed by atoms with Crippen molar-refractivity contribution in [1.29, 1.82) is 0 Å². The van der Waals surface area contributed by atoms with E-state index < -0.39 is 5.97 Å². The van der Waals surface area contributed by atoms with Gasteiger partial charge in [-0.1, -0.05) is 0 Å². The zero-order valence-corrected chi connectivity index (χ0v) is 11.4. The third-order valence-electron chi connectivity index (χ3n) is 3.51. The summed E-state index contributed by atoms with van der Waals surface area (Å²) < 4.78 is 5.55. The van der Waals surface area contributed by atoms with E-state index in [9.17, 15) is 9.59 Å². The molecule has 0 atom stereocenters. The maximum atomic E-state index is 11.2. The van der Waals surface area contributed by atoms with Gasteiger partial charge in [-0.05, 0) is 24.8 Å². The minimum Gasteiger partial charge on any atom is -0.478 e. The van der Waals surface area contributed by atoms with Gasteiger partial charge in [0, 0.05) is 32.3 Å². The molecule has 1 fully saturated rings. The molecule has 1 amide bonds. The van der Waals surface area contributed by atoms with Crippen molar-refractivity contribution in [3.05, 3.63) is 23.9 Å². The number of nitrogens with zero attached hydrogens (tertiary/aromatic N) is 2. The molecule has 1 saturated heterocycles. The zero-order chi connectivity index (χ0) is 14.5. The van der Waals surface area contributed by atoms with Crippen LogP contribution >= 0.6 is 0 Å². The van der Waals surface area contributed by atoms with Crippen LogP contribution in [0, 0.1) is 5.92 Å². The first-order valence-electron chi connectivity index (χ1n) is 6.64. The summed E-state index contributed by atoms with van der Waals surface area (Å²) >= 11 is 0. The van der Waals surface area contributed by atoms with Crippen LogP contribution in [0.2, 0.25) is 0 Å². The summed E-state index contributed by atoms with van der Waals surface area (Å²) in [7, 11) is 0. The number of pyridine rings is 1. The highest BCUT2D eigenvalue weighted by Gasteiger charge is 2.21. The van der Waals surface area contributed by atoms with Crippen LogP contribution in [0.15, 0.2) is 18.3 Å². The summed E-state index contributed by atoms with van der Waals surface area (Å²) in [6, 6.07) is 2.85. The topological polar surface area (TPSA) is 79.7 Å². The van der Waals surface area contributed by atoms with Crippen LogP contribution in [0.3, 0.4) is 0 Å². The second-order valence-electron chi connectivity index (χ2n) is 4.95. The highest BCUT2D eigenvalue weighted by molar-refractivity contribution is 5.87. The molecule has 2 rings (SSSR count). The minimum absolute atomic E-state index is 0.111. The number of aromatic carboxylic acids is 1. The van der Waals surface area contributed by atoms with E-state index in [-0.39, 0.29) is 11.5 Å². The Hall–Kier alpha value is -2.11. The molecule has 0 bridgehead atoms. The molecule has 1 aromatic heterocycles. The van der Waals surface area contributed by atoms with Crippen LogP contribution in [0.1, 0.15) is 30.1 Å². The van der Waals surface area contributed by atoms with Gasteiger partial charge in [0.25, 0.3) is 0 Å². The number of ether oxygens (including phenoxy) is 1. The lowest BCUT2D eigenvalue weighted by molar-refractivity contribution is -0.130. The van der Waals surface area contributed by atoms with Crippen molar-refractivity contribution in [1.82, 2.24) is 9.88 Å². The predicted octanol–water partition coefficient (Wildman–Crippen LogP) is 1.42. The second kappa shape index (κ2) is 6.36. The average molecular weight is 278 g/mol. The lowest BCUT2D eigenvalue weighted by atomic mass is 9.98. The Morgan fingerprint density at radius 2 is 2.15 bits per heavy atom. The van der Waals surface area contributed by atoms with Crippen molar-refractivity contribution in [3.8, 4) is 5.88 Å². The van der Waals surface area contributed by atoms with Gasteiger partial charge >= 0.3 is 5.97 Å². The van der Waals surface area contributed by atoms with Crippen molar-refractivity contribution in [2.24, 2.45) is 5.92 Å². The number of amides is 1. The van der Waals surface area contributed by atoms with Gasteiger partial charge in [-0.15, -0.1) is 0 Å². The number of rotatable bonds is 4. The van der Waals surface area contributed by atoms with Crippen LogP contribution in [0.4, 0.5) is 0 Å². The number of aromatic nitrogens is 1. The van der Waals surface area contributed by atoms with Crippen molar-refractivity contribution in [3.63, 3.8) is 0 Å². The van der Waals surface area contributed by atoms with E-state index in [0.29, 0.717) is 18.4 Å². The van der Waals surface area contributed by atoms with E-state index >= 15 is 0 Å². The quantitative estimate of drug-likeness (QED) is 0.901. The number of carbonyl (C=O) groups is 2. The molecular weight excluding hydrogens is 260 g/mol. The van der Waals surface area contributed by atoms with Gasteiger partial charge in [0.2, 0.25) is 11.8 Å². The molecule has 0 aliphatic carbocycles. The Labute approximate surface area is 117 Å². The Morgan fingerprint density at radius 3 is 2.75 bits per heavy atom. The van der Waals surface area contributed by atoms with Crippen LogP contribution in [0.5, 0.6) is 5.88 Å². The first kappa shape index (κ1) is 14.3. The Morgan fingerprint density at radius 1 is 1.45 bits per heavy atom. The minimum atomic E-state index is -0.994. The molecule has 0 saturated carbocycles. The maximum absolute atomic E-state index is 11.2. The molecule has 1 aliphatic rings. The molecule has 2 heterocycles. The van der Waals surface area contributed by atoms with Gasteiger partial charge in [0.05, 0.1) is 12.2 Å². The normalized spacial score (nSPS) is 15.9. The number of hydrogen-bond donors (Lipinski definition) is 1. The average Bonchev–Trinajstić information content (AvgIpc) is 2.46. The molecule has 1 aliphatic heterocycles. The summed E-state index contributed by atoms with van der Waals surface area (Å²) in [5.74, 6) is -0.174. The fraction of sp³-hybridized carbons (Fsp3) is 0.500. The summed E-state index contributed by atoms with van der Waals surface area (Å²) in [6.07, 6.45) is 3.23. The molecule has 6 heteroatoms. The summed E-state index contributed by atoms with van der Waals surface area (Å²) in [5, 5.41) is 8.89. The maximum Gasteiger partial charge on any atom is 0.335 e. The Kier molecular flexibility index (Phi) is 4.55. The number of carbonyl (C=O) groups excluding carboxylic acids is 1. The lowest BCUT2D eigenvalue weighted by Gasteiger charge is -2.30. The first-order valence-corrected chi connectivity index (χ1v) is 6.64. The smallest absolute Gasteiger partial charge is 0.335 e. The van der Waals surface area contributed by atoms with Crippen LogP contribution in [-0.4, -0.2) is 46.6 Å². The highest BCUT2D eigenvalue weighted by atomic mass is 16.5. The van der Waals surface area contributed by atoms with Gasteiger partial charge in [-0.25, -0.2) is 9.78 Å². The van der Waals surface area contributed by atoms with Crippen LogP contribution in [0.25, 0.3) is 0 Å². The number of carboxylic acids is 1. The standard InChI is InChI=1S/C14H18N2O4/c1-10(17)16-6-3-11(4-7-16)9-20-13-8-12(14(18)19)2-5-15-13/h2,5,8,11H,3-4,6-7,9H2,1H3,(H,18,19). The molecule has 6 nitrogen and oxygen atoms in total. The monoisotopic (exact) mass is 278 g/mol. The van der Waals surface area contributed by atoms with Crippen molar-refractivity contribution >= 4 is 11.9 Å². The molecular formula is C14H18N2O4. The van der Waals surface area contributed by atoms with E-state index in [4.69, 9.17) is 9.84 Å². The zero-order valence-electron chi connectivity index (χ0n) is 11.4. The van der Waals surface area contributed by atoms with Gasteiger partial charge in [0.1, 0.15) is 0 Å². The molecule has 0 aromatic carbocycles. The molecule has 108 valence electrons. The highest BCUT2D eigenvalue weighted by Crippen LogP contribution is 2.19. The summed E-state index contributed by atoms with van der Waals surface area (Å²) in [4.78, 5) is 27.9. The number of piperidine rings is 1. The third kappa shape index (κ3) is 3.69. The number of likely N-dealkylation sites (tertiary alicyclic amines) is 1. The van der Waals surface area contributed by atoms with Gasteiger partial charge < -0.3 is 14.7 Å². The van der Waals surface area contributed by atoms with Gasteiger partial charge in [0.15, 0.2) is 0 Å². The number of carboxylic acid groups (broad SMARTS) is 1. The summed E-state index contributed by atoms with van der Waals surface area (Å²) in [6.45, 7) is 3.60. The molecule has 1 aromatic rings. The van der Waals surface area contributed by atoms with E-state index in [1.165, 1.54) is 18.3 Å². The van der Waals surface area contributed by atoms with Crippen LogP contribution in [-0.2, 0) is 4.79 Å². The fourth-order valence-electron chi connectivity index (χ4n) is 2.24. The van der Waals surface area contributed by atoms with E-state index in [1.807, 2.05) is 4.90 Å².